The van der Waals surface area contributed by atoms with Crippen LogP contribution in [-0.2, 0) is 14.3 Å². The monoisotopic (exact) mass is 256 g/mol. The van der Waals surface area contributed by atoms with Crippen molar-refractivity contribution in [2.75, 3.05) is 32.8 Å². The van der Waals surface area contributed by atoms with Crippen LogP contribution in [0.1, 0.15) is 19.8 Å². The van der Waals surface area contributed by atoms with Crippen molar-refractivity contribution in [2.24, 2.45) is 5.92 Å². The summed E-state index contributed by atoms with van der Waals surface area (Å²) in [5.74, 6) is -1.10. The molecule has 0 spiro atoms. The van der Waals surface area contributed by atoms with Gasteiger partial charge in [-0.2, -0.15) is 0 Å². The number of likely N-dealkylation sites (tertiary alicyclic amines) is 1. The van der Waals surface area contributed by atoms with E-state index in [0.717, 1.165) is 13.1 Å². The highest BCUT2D eigenvalue weighted by atomic mass is 16.5. The lowest BCUT2D eigenvalue weighted by atomic mass is 9.97. The molecule has 0 aliphatic carbocycles. The first kappa shape index (κ1) is 13.3. The SMILES string of the molecule is CC1(OCC(=O)N2CCC(C(=O)O)CC2)CNC1. The molecule has 0 unspecified atom stereocenters. The van der Waals surface area contributed by atoms with Gasteiger partial charge >= 0.3 is 5.97 Å². The van der Waals surface area contributed by atoms with Gasteiger partial charge in [-0.1, -0.05) is 0 Å². The molecule has 6 heteroatoms. The first-order valence-electron chi connectivity index (χ1n) is 6.35. The van der Waals surface area contributed by atoms with Crippen molar-refractivity contribution in [1.82, 2.24) is 10.2 Å². The van der Waals surface area contributed by atoms with Gasteiger partial charge in [0.15, 0.2) is 0 Å². The van der Waals surface area contributed by atoms with Crippen molar-refractivity contribution in [3.05, 3.63) is 0 Å². The molecular formula is C12H20N2O4. The molecule has 2 heterocycles. The summed E-state index contributed by atoms with van der Waals surface area (Å²) in [6, 6.07) is 0. The number of carboxylic acid groups (broad SMARTS) is 1. The van der Waals surface area contributed by atoms with Crippen LogP contribution in [-0.4, -0.2) is 60.3 Å². The molecule has 2 fully saturated rings. The lowest BCUT2D eigenvalue weighted by Gasteiger charge is -2.39. The molecule has 0 aromatic heterocycles. The van der Waals surface area contributed by atoms with Gasteiger partial charge in [-0.15, -0.1) is 0 Å². The number of aliphatic carboxylic acids is 1. The van der Waals surface area contributed by atoms with Crippen molar-refractivity contribution < 1.29 is 19.4 Å². The number of nitrogens with one attached hydrogen (secondary N) is 1. The number of amides is 1. The minimum Gasteiger partial charge on any atom is -0.481 e. The minimum atomic E-state index is -0.758. The predicted molar refractivity (Wildman–Crippen MR) is 64.2 cm³/mol. The normalized spacial score (nSPS) is 23.5. The average molecular weight is 256 g/mol. The van der Waals surface area contributed by atoms with Gasteiger partial charge in [0.1, 0.15) is 6.61 Å². The van der Waals surface area contributed by atoms with Crippen LogP contribution in [0.25, 0.3) is 0 Å². The Labute approximate surface area is 106 Å². The molecule has 0 aromatic rings. The van der Waals surface area contributed by atoms with E-state index in [1.54, 1.807) is 4.90 Å². The first-order valence-corrected chi connectivity index (χ1v) is 6.35. The number of hydrogen-bond acceptors (Lipinski definition) is 4. The standard InChI is InChI=1S/C12H20N2O4/c1-12(7-13-8-12)18-6-10(15)14-4-2-9(3-5-14)11(16)17/h9,13H,2-8H2,1H3,(H,16,17). The van der Waals surface area contributed by atoms with Crippen molar-refractivity contribution in [1.29, 1.82) is 0 Å². The molecule has 2 aliphatic heterocycles. The molecule has 2 saturated heterocycles. The van der Waals surface area contributed by atoms with Crippen LogP contribution in [0.15, 0.2) is 0 Å². The number of carbonyl (C=O) groups excluding carboxylic acids is 1. The summed E-state index contributed by atoms with van der Waals surface area (Å²) in [5, 5.41) is 12.0. The lowest BCUT2D eigenvalue weighted by Crippen LogP contribution is -2.59. The third kappa shape index (κ3) is 3.00. The van der Waals surface area contributed by atoms with Crippen molar-refractivity contribution >= 4 is 11.9 Å². The van der Waals surface area contributed by atoms with Crippen LogP contribution in [0, 0.1) is 5.92 Å². The van der Waals surface area contributed by atoms with E-state index in [-0.39, 0.29) is 24.0 Å². The highest BCUT2D eigenvalue weighted by Crippen LogP contribution is 2.19. The number of nitrogens with zero attached hydrogens (tertiary/aromatic N) is 1. The summed E-state index contributed by atoms with van der Waals surface area (Å²) < 4.78 is 5.58. The second-order valence-corrected chi connectivity index (χ2v) is 5.34. The van der Waals surface area contributed by atoms with Gasteiger partial charge in [0, 0.05) is 26.2 Å². The van der Waals surface area contributed by atoms with Crippen molar-refractivity contribution in [2.45, 2.75) is 25.4 Å². The minimum absolute atomic E-state index is 0.0352. The van der Waals surface area contributed by atoms with Gasteiger partial charge in [0.25, 0.3) is 0 Å². The Bertz CT molecular complexity index is 333. The summed E-state index contributed by atoms with van der Waals surface area (Å²) in [7, 11) is 0. The van der Waals surface area contributed by atoms with E-state index in [9.17, 15) is 9.59 Å². The molecule has 1 amide bonds. The molecule has 6 nitrogen and oxygen atoms in total. The zero-order chi connectivity index (χ0) is 13.2. The second kappa shape index (κ2) is 5.24. The van der Waals surface area contributed by atoms with Crippen LogP contribution >= 0.6 is 0 Å². The molecule has 18 heavy (non-hydrogen) atoms. The van der Waals surface area contributed by atoms with Crippen LogP contribution < -0.4 is 5.32 Å². The summed E-state index contributed by atoms with van der Waals surface area (Å²) >= 11 is 0. The maximum atomic E-state index is 11.9. The molecule has 0 radical (unpaired) electrons. The van der Waals surface area contributed by atoms with E-state index < -0.39 is 5.97 Å². The Morgan fingerprint density at radius 1 is 1.39 bits per heavy atom. The van der Waals surface area contributed by atoms with E-state index in [1.807, 2.05) is 6.92 Å². The first-order chi connectivity index (χ1) is 8.50. The summed E-state index contributed by atoms with van der Waals surface area (Å²) in [6.45, 7) is 4.67. The van der Waals surface area contributed by atoms with Gasteiger partial charge in [-0.25, -0.2) is 0 Å². The number of carboxylic acids is 1. The zero-order valence-electron chi connectivity index (χ0n) is 10.6. The Morgan fingerprint density at radius 2 is 2.00 bits per heavy atom. The second-order valence-electron chi connectivity index (χ2n) is 5.34. The number of rotatable bonds is 4. The molecule has 0 saturated carbocycles. The molecule has 2 rings (SSSR count). The zero-order valence-corrected chi connectivity index (χ0v) is 10.6. The van der Waals surface area contributed by atoms with Crippen LogP contribution in [0.5, 0.6) is 0 Å². The fourth-order valence-corrected chi connectivity index (χ4v) is 2.28. The van der Waals surface area contributed by atoms with Crippen molar-refractivity contribution in [3.8, 4) is 0 Å². The van der Waals surface area contributed by atoms with Gasteiger partial charge in [0.2, 0.25) is 5.91 Å². The fourth-order valence-electron chi connectivity index (χ4n) is 2.28. The summed E-state index contributed by atoms with van der Waals surface area (Å²) in [6.07, 6.45) is 1.08. The van der Waals surface area contributed by atoms with E-state index in [1.165, 1.54) is 0 Å². The molecule has 102 valence electrons. The smallest absolute Gasteiger partial charge is 0.306 e. The molecular weight excluding hydrogens is 236 g/mol. The Hall–Kier alpha value is -1.14. The molecule has 2 N–H and O–H groups in total. The van der Waals surface area contributed by atoms with E-state index in [2.05, 4.69) is 5.32 Å². The van der Waals surface area contributed by atoms with Gasteiger partial charge < -0.3 is 20.1 Å². The third-order valence-corrected chi connectivity index (χ3v) is 3.74. The Kier molecular flexibility index (Phi) is 3.87. The third-order valence-electron chi connectivity index (χ3n) is 3.74. The lowest BCUT2D eigenvalue weighted by molar-refractivity contribution is -0.151. The van der Waals surface area contributed by atoms with Crippen molar-refractivity contribution in [3.63, 3.8) is 0 Å². The molecule has 2 aliphatic rings. The number of piperidine rings is 1. The highest BCUT2D eigenvalue weighted by molar-refractivity contribution is 5.78. The van der Waals surface area contributed by atoms with Gasteiger partial charge in [-0.05, 0) is 19.8 Å². The Balaban J connectivity index is 1.72. The Morgan fingerprint density at radius 3 is 2.44 bits per heavy atom. The predicted octanol–water partition coefficient (Wildman–Crippen LogP) is -0.312. The summed E-state index contributed by atoms with van der Waals surface area (Å²) in [4.78, 5) is 24.4. The van der Waals surface area contributed by atoms with Gasteiger partial charge in [-0.3, -0.25) is 9.59 Å². The van der Waals surface area contributed by atoms with E-state index in [4.69, 9.17) is 9.84 Å². The average Bonchev–Trinajstić information content (AvgIpc) is 2.33. The topological polar surface area (TPSA) is 78.9 Å². The van der Waals surface area contributed by atoms with Crippen LogP contribution in [0.3, 0.4) is 0 Å². The summed E-state index contributed by atoms with van der Waals surface area (Å²) in [5.41, 5.74) is -0.213. The maximum absolute atomic E-state index is 11.9. The molecule has 0 bridgehead atoms. The fraction of sp³-hybridized carbons (Fsp3) is 0.833. The molecule has 0 atom stereocenters. The number of ether oxygens (including phenoxy) is 1. The number of carbonyl (C=O) groups is 2. The van der Waals surface area contributed by atoms with Gasteiger partial charge in [0.05, 0.1) is 11.5 Å². The quantitative estimate of drug-likeness (QED) is 0.721. The van der Waals surface area contributed by atoms with E-state index >= 15 is 0 Å². The number of hydrogen-bond donors (Lipinski definition) is 2. The molecule has 0 aromatic carbocycles. The van der Waals surface area contributed by atoms with Crippen LogP contribution in [0.4, 0.5) is 0 Å². The highest BCUT2D eigenvalue weighted by Gasteiger charge is 2.34. The maximum Gasteiger partial charge on any atom is 0.306 e. The largest absolute Gasteiger partial charge is 0.481 e. The van der Waals surface area contributed by atoms with Crippen LogP contribution in [0.2, 0.25) is 0 Å². The van der Waals surface area contributed by atoms with E-state index in [0.29, 0.717) is 25.9 Å².